The van der Waals surface area contributed by atoms with Crippen molar-refractivity contribution >= 4 is 0 Å². The van der Waals surface area contributed by atoms with Crippen LogP contribution >= 0.6 is 0 Å². The van der Waals surface area contributed by atoms with Crippen LogP contribution in [0.1, 0.15) is 5.56 Å². The van der Waals surface area contributed by atoms with Gasteiger partial charge in [-0.2, -0.15) is 0 Å². The minimum absolute atomic E-state index is 0.0479. The molecule has 76 valence electrons. The van der Waals surface area contributed by atoms with Gasteiger partial charge in [-0.1, -0.05) is 12.1 Å². The van der Waals surface area contributed by atoms with Crippen LogP contribution in [0.5, 0.6) is 5.75 Å². The van der Waals surface area contributed by atoms with Crippen LogP contribution in [0, 0.1) is 0 Å². The number of benzene rings is 1. The van der Waals surface area contributed by atoms with E-state index in [0.29, 0.717) is 6.54 Å². The standard InChI is InChI=1S/C11H15NO2/c1-13-10-4-2-9(3-5-10)11(6-12)7-14-8-11/h2-5H,6-8,12H2,1H3. The zero-order valence-corrected chi connectivity index (χ0v) is 8.32. The largest absolute Gasteiger partial charge is 0.497 e. The molecule has 1 aromatic carbocycles. The summed E-state index contributed by atoms with van der Waals surface area (Å²) in [6.45, 7) is 2.10. The van der Waals surface area contributed by atoms with Crippen molar-refractivity contribution in [3.8, 4) is 5.75 Å². The molecule has 1 aliphatic rings. The van der Waals surface area contributed by atoms with Gasteiger partial charge in [-0.15, -0.1) is 0 Å². The molecule has 0 bridgehead atoms. The lowest BCUT2D eigenvalue weighted by Crippen LogP contribution is -2.52. The van der Waals surface area contributed by atoms with Gasteiger partial charge in [-0.3, -0.25) is 0 Å². The molecular weight excluding hydrogens is 178 g/mol. The fourth-order valence-electron chi connectivity index (χ4n) is 1.70. The minimum Gasteiger partial charge on any atom is -0.497 e. The summed E-state index contributed by atoms with van der Waals surface area (Å²) < 4.78 is 10.3. The zero-order chi connectivity index (χ0) is 10.0. The van der Waals surface area contributed by atoms with E-state index in [0.717, 1.165) is 19.0 Å². The van der Waals surface area contributed by atoms with Gasteiger partial charge in [-0.05, 0) is 17.7 Å². The zero-order valence-electron chi connectivity index (χ0n) is 8.32. The van der Waals surface area contributed by atoms with Gasteiger partial charge in [0.1, 0.15) is 5.75 Å². The number of methoxy groups -OCH3 is 1. The van der Waals surface area contributed by atoms with E-state index in [1.54, 1.807) is 7.11 Å². The maximum absolute atomic E-state index is 5.76. The fourth-order valence-corrected chi connectivity index (χ4v) is 1.70. The summed E-state index contributed by atoms with van der Waals surface area (Å²) in [4.78, 5) is 0. The lowest BCUT2D eigenvalue weighted by molar-refractivity contribution is -0.0550. The first-order valence-corrected chi connectivity index (χ1v) is 4.73. The summed E-state index contributed by atoms with van der Waals surface area (Å²) >= 11 is 0. The second-order valence-electron chi connectivity index (χ2n) is 3.71. The van der Waals surface area contributed by atoms with E-state index in [-0.39, 0.29) is 5.41 Å². The molecule has 0 aromatic heterocycles. The third kappa shape index (κ3) is 1.38. The van der Waals surface area contributed by atoms with E-state index in [1.165, 1.54) is 5.56 Å². The molecule has 0 amide bonds. The molecule has 1 aromatic rings. The van der Waals surface area contributed by atoms with Crippen LogP contribution in [0.4, 0.5) is 0 Å². The summed E-state index contributed by atoms with van der Waals surface area (Å²) in [6, 6.07) is 8.05. The SMILES string of the molecule is COc1ccc(C2(CN)COC2)cc1. The average Bonchev–Trinajstić information content (AvgIpc) is 2.18. The number of hydrogen-bond donors (Lipinski definition) is 1. The van der Waals surface area contributed by atoms with Crippen LogP contribution in [0.15, 0.2) is 24.3 Å². The molecule has 3 heteroatoms. The van der Waals surface area contributed by atoms with Crippen LogP contribution in [-0.4, -0.2) is 26.9 Å². The molecule has 14 heavy (non-hydrogen) atoms. The summed E-state index contributed by atoms with van der Waals surface area (Å²) in [6.07, 6.45) is 0. The molecule has 0 saturated carbocycles. The number of rotatable bonds is 3. The normalized spacial score (nSPS) is 18.7. The van der Waals surface area contributed by atoms with Crippen LogP contribution in [0.3, 0.4) is 0 Å². The van der Waals surface area contributed by atoms with E-state index >= 15 is 0 Å². The molecule has 0 radical (unpaired) electrons. The maximum atomic E-state index is 5.76. The van der Waals surface area contributed by atoms with E-state index < -0.39 is 0 Å². The van der Waals surface area contributed by atoms with Gasteiger partial charge in [0.25, 0.3) is 0 Å². The van der Waals surface area contributed by atoms with Gasteiger partial charge in [0.05, 0.1) is 25.7 Å². The molecule has 1 fully saturated rings. The molecule has 2 rings (SSSR count). The average molecular weight is 193 g/mol. The molecule has 2 N–H and O–H groups in total. The van der Waals surface area contributed by atoms with Crippen molar-refractivity contribution in [1.82, 2.24) is 0 Å². The molecule has 1 aliphatic heterocycles. The van der Waals surface area contributed by atoms with Gasteiger partial charge in [-0.25, -0.2) is 0 Å². The van der Waals surface area contributed by atoms with Gasteiger partial charge in [0.15, 0.2) is 0 Å². The Balaban J connectivity index is 2.23. The summed E-state index contributed by atoms with van der Waals surface area (Å²) in [5, 5.41) is 0. The Hall–Kier alpha value is -1.06. The van der Waals surface area contributed by atoms with Gasteiger partial charge in [0.2, 0.25) is 0 Å². The van der Waals surface area contributed by atoms with Crippen molar-refractivity contribution in [2.75, 3.05) is 26.9 Å². The lowest BCUT2D eigenvalue weighted by Gasteiger charge is -2.41. The van der Waals surface area contributed by atoms with Crippen LogP contribution in [0.25, 0.3) is 0 Å². The Morgan fingerprint density at radius 2 is 2.00 bits per heavy atom. The van der Waals surface area contributed by atoms with Crippen LogP contribution in [0.2, 0.25) is 0 Å². The molecule has 0 atom stereocenters. The summed E-state index contributed by atoms with van der Waals surface area (Å²) in [7, 11) is 1.67. The van der Waals surface area contributed by atoms with E-state index in [2.05, 4.69) is 12.1 Å². The first-order valence-electron chi connectivity index (χ1n) is 4.73. The third-order valence-electron chi connectivity index (χ3n) is 2.85. The Kier molecular flexibility index (Phi) is 2.44. The predicted molar refractivity (Wildman–Crippen MR) is 54.5 cm³/mol. The monoisotopic (exact) mass is 193 g/mol. The number of ether oxygens (including phenoxy) is 2. The van der Waals surface area contributed by atoms with E-state index in [1.807, 2.05) is 12.1 Å². The highest BCUT2D eigenvalue weighted by Gasteiger charge is 2.38. The third-order valence-corrected chi connectivity index (χ3v) is 2.85. The quantitative estimate of drug-likeness (QED) is 0.776. The van der Waals surface area contributed by atoms with Crippen molar-refractivity contribution in [1.29, 1.82) is 0 Å². The smallest absolute Gasteiger partial charge is 0.118 e. The fraction of sp³-hybridized carbons (Fsp3) is 0.455. The van der Waals surface area contributed by atoms with Crippen molar-refractivity contribution in [3.63, 3.8) is 0 Å². The molecule has 1 heterocycles. The molecular formula is C11H15NO2. The molecule has 0 aliphatic carbocycles. The molecule has 0 spiro atoms. The topological polar surface area (TPSA) is 44.5 Å². The molecule has 3 nitrogen and oxygen atoms in total. The summed E-state index contributed by atoms with van der Waals surface area (Å²) in [5.74, 6) is 0.876. The number of hydrogen-bond acceptors (Lipinski definition) is 3. The predicted octanol–water partition coefficient (Wildman–Crippen LogP) is 0.922. The van der Waals surface area contributed by atoms with Crippen molar-refractivity contribution in [3.05, 3.63) is 29.8 Å². The van der Waals surface area contributed by atoms with Gasteiger partial charge in [0, 0.05) is 6.54 Å². The van der Waals surface area contributed by atoms with Gasteiger partial charge >= 0.3 is 0 Å². The molecule has 1 saturated heterocycles. The highest BCUT2D eigenvalue weighted by atomic mass is 16.5. The first-order chi connectivity index (χ1) is 6.80. The Labute approximate surface area is 83.8 Å². The minimum atomic E-state index is 0.0479. The van der Waals surface area contributed by atoms with Crippen molar-refractivity contribution < 1.29 is 9.47 Å². The highest BCUT2D eigenvalue weighted by molar-refractivity contribution is 5.34. The van der Waals surface area contributed by atoms with Crippen molar-refractivity contribution in [2.24, 2.45) is 5.73 Å². The van der Waals surface area contributed by atoms with E-state index in [4.69, 9.17) is 15.2 Å². The van der Waals surface area contributed by atoms with E-state index in [9.17, 15) is 0 Å². The first kappa shape index (κ1) is 9.49. The Bertz CT molecular complexity index is 298. The maximum Gasteiger partial charge on any atom is 0.118 e. The second-order valence-corrected chi connectivity index (χ2v) is 3.71. The Morgan fingerprint density at radius 3 is 2.36 bits per heavy atom. The molecule has 0 unspecified atom stereocenters. The highest BCUT2D eigenvalue weighted by Crippen LogP contribution is 2.32. The van der Waals surface area contributed by atoms with Crippen molar-refractivity contribution in [2.45, 2.75) is 5.41 Å². The van der Waals surface area contributed by atoms with Crippen LogP contribution in [-0.2, 0) is 10.2 Å². The second kappa shape index (κ2) is 3.59. The summed E-state index contributed by atoms with van der Waals surface area (Å²) in [5.41, 5.74) is 7.05. The number of nitrogens with two attached hydrogens (primary N) is 1. The Morgan fingerprint density at radius 1 is 1.36 bits per heavy atom. The van der Waals surface area contributed by atoms with Gasteiger partial charge < -0.3 is 15.2 Å². The lowest BCUT2D eigenvalue weighted by atomic mass is 9.79. The van der Waals surface area contributed by atoms with Crippen LogP contribution < -0.4 is 10.5 Å².